The van der Waals surface area contributed by atoms with Gasteiger partial charge in [-0.2, -0.15) is 0 Å². The van der Waals surface area contributed by atoms with Gasteiger partial charge in [0.1, 0.15) is 0 Å². The summed E-state index contributed by atoms with van der Waals surface area (Å²) in [5, 5.41) is 0. The molecule has 0 aliphatic carbocycles. The first-order valence-corrected chi connectivity index (χ1v) is 7.31. The molecule has 2 unspecified atom stereocenters. The zero-order valence-electron chi connectivity index (χ0n) is 11.1. The number of nitrogens with zero attached hydrogens (tertiary/aromatic N) is 2. The van der Waals surface area contributed by atoms with Crippen LogP contribution < -0.4 is 5.73 Å². The highest BCUT2D eigenvalue weighted by molar-refractivity contribution is 9.10. The van der Waals surface area contributed by atoms with Crippen molar-refractivity contribution in [2.75, 3.05) is 33.2 Å². The third kappa shape index (κ3) is 3.12. The van der Waals surface area contributed by atoms with Crippen molar-refractivity contribution in [2.45, 2.75) is 19.0 Å². The van der Waals surface area contributed by atoms with Crippen LogP contribution in [0.3, 0.4) is 0 Å². The fourth-order valence-electron chi connectivity index (χ4n) is 2.57. The van der Waals surface area contributed by atoms with Gasteiger partial charge >= 0.3 is 0 Å². The molecule has 0 aromatic heterocycles. The van der Waals surface area contributed by atoms with E-state index >= 15 is 0 Å². The average molecular weight is 312 g/mol. The van der Waals surface area contributed by atoms with Gasteiger partial charge in [0.2, 0.25) is 0 Å². The van der Waals surface area contributed by atoms with Crippen molar-refractivity contribution >= 4 is 15.9 Å². The molecule has 0 bridgehead atoms. The maximum Gasteiger partial charge on any atom is 0.0472 e. The Morgan fingerprint density at radius 1 is 1.44 bits per heavy atom. The molecule has 1 aliphatic rings. The predicted octanol–water partition coefficient (Wildman–Crippen LogP) is 2.08. The van der Waals surface area contributed by atoms with E-state index in [1.54, 1.807) is 0 Å². The molecule has 2 atom stereocenters. The lowest BCUT2D eigenvalue weighted by Crippen LogP contribution is -2.52. The van der Waals surface area contributed by atoms with Crippen LogP contribution in [0.15, 0.2) is 28.7 Å². The van der Waals surface area contributed by atoms with Crippen molar-refractivity contribution in [1.29, 1.82) is 0 Å². The van der Waals surface area contributed by atoms with E-state index in [4.69, 9.17) is 5.73 Å². The molecule has 0 amide bonds. The summed E-state index contributed by atoms with van der Waals surface area (Å²) in [5.41, 5.74) is 7.30. The molecule has 3 nitrogen and oxygen atoms in total. The molecular formula is C14H22BrN3. The first-order valence-electron chi connectivity index (χ1n) is 6.51. The largest absolute Gasteiger partial charge is 0.329 e. The van der Waals surface area contributed by atoms with E-state index in [1.165, 1.54) is 5.56 Å². The van der Waals surface area contributed by atoms with Gasteiger partial charge < -0.3 is 10.6 Å². The van der Waals surface area contributed by atoms with Crippen molar-refractivity contribution < 1.29 is 0 Å². The summed E-state index contributed by atoms with van der Waals surface area (Å²) in [4.78, 5) is 4.91. The first kappa shape index (κ1) is 14.0. The Balaban J connectivity index is 2.14. The third-order valence-corrected chi connectivity index (χ3v) is 4.38. The normalized spacial score (nSPS) is 24.1. The molecule has 1 aromatic carbocycles. The van der Waals surface area contributed by atoms with E-state index in [2.05, 4.69) is 64.0 Å². The average Bonchev–Trinajstić information content (AvgIpc) is 2.35. The van der Waals surface area contributed by atoms with Crippen LogP contribution in [0.25, 0.3) is 0 Å². The molecule has 18 heavy (non-hydrogen) atoms. The highest BCUT2D eigenvalue weighted by atomic mass is 79.9. The number of halogens is 1. The molecule has 1 aromatic rings. The van der Waals surface area contributed by atoms with Crippen LogP contribution >= 0.6 is 15.9 Å². The van der Waals surface area contributed by atoms with E-state index in [1.807, 2.05) is 0 Å². The fraction of sp³-hybridized carbons (Fsp3) is 0.571. The smallest absolute Gasteiger partial charge is 0.0472 e. The van der Waals surface area contributed by atoms with Crippen molar-refractivity contribution in [2.24, 2.45) is 5.73 Å². The van der Waals surface area contributed by atoms with Crippen LogP contribution in [-0.2, 0) is 0 Å². The number of likely N-dealkylation sites (N-methyl/N-ethyl adjacent to an activating group) is 1. The number of piperazine rings is 1. The van der Waals surface area contributed by atoms with Crippen LogP contribution in [0.4, 0.5) is 0 Å². The van der Waals surface area contributed by atoms with E-state index in [-0.39, 0.29) is 0 Å². The van der Waals surface area contributed by atoms with E-state index < -0.39 is 0 Å². The molecule has 100 valence electrons. The second-order valence-corrected chi connectivity index (χ2v) is 6.05. The maximum absolute atomic E-state index is 6.00. The summed E-state index contributed by atoms with van der Waals surface area (Å²) in [5.74, 6) is 0. The Hall–Kier alpha value is -0.420. The van der Waals surface area contributed by atoms with Crippen LogP contribution in [0.2, 0.25) is 0 Å². The summed E-state index contributed by atoms with van der Waals surface area (Å²) >= 11 is 3.54. The molecule has 4 heteroatoms. The fourth-order valence-corrected chi connectivity index (χ4v) is 2.99. The van der Waals surface area contributed by atoms with Gasteiger partial charge in [-0.15, -0.1) is 0 Å². The minimum atomic E-state index is 0.332. The summed E-state index contributed by atoms with van der Waals surface area (Å²) in [6.45, 7) is 6.25. The van der Waals surface area contributed by atoms with E-state index in [0.717, 1.165) is 24.1 Å². The second kappa shape index (κ2) is 6.15. The highest BCUT2D eigenvalue weighted by Gasteiger charge is 2.26. The van der Waals surface area contributed by atoms with Gasteiger partial charge in [-0.3, -0.25) is 4.90 Å². The van der Waals surface area contributed by atoms with Gasteiger partial charge in [0.15, 0.2) is 0 Å². The molecular weight excluding hydrogens is 290 g/mol. The van der Waals surface area contributed by atoms with Crippen LogP contribution in [-0.4, -0.2) is 49.1 Å². The zero-order valence-corrected chi connectivity index (χ0v) is 12.7. The molecule has 1 heterocycles. The first-order chi connectivity index (χ1) is 8.61. The molecule has 2 N–H and O–H groups in total. The van der Waals surface area contributed by atoms with Crippen molar-refractivity contribution in [3.8, 4) is 0 Å². The van der Waals surface area contributed by atoms with E-state index in [9.17, 15) is 0 Å². The molecule has 1 aliphatic heterocycles. The minimum Gasteiger partial charge on any atom is -0.329 e. The Kier molecular flexibility index (Phi) is 4.78. The predicted molar refractivity (Wildman–Crippen MR) is 79.6 cm³/mol. The lowest BCUT2D eigenvalue weighted by atomic mass is 10.0. The summed E-state index contributed by atoms with van der Waals surface area (Å²) in [7, 11) is 2.19. The molecule has 0 saturated carbocycles. The number of rotatable bonds is 3. The SMILES string of the molecule is CC1CN(C(CN)c2cccc(Br)c2)CCN1C. The highest BCUT2D eigenvalue weighted by Crippen LogP contribution is 2.24. The second-order valence-electron chi connectivity index (χ2n) is 5.13. The summed E-state index contributed by atoms with van der Waals surface area (Å²) in [6.07, 6.45) is 0. The van der Waals surface area contributed by atoms with Crippen molar-refractivity contribution in [3.05, 3.63) is 34.3 Å². The molecule has 0 spiro atoms. The van der Waals surface area contributed by atoms with E-state index in [0.29, 0.717) is 18.6 Å². The minimum absolute atomic E-state index is 0.332. The Morgan fingerprint density at radius 3 is 2.83 bits per heavy atom. The zero-order chi connectivity index (χ0) is 13.1. The topological polar surface area (TPSA) is 32.5 Å². The van der Waals surface area contributed by atoms with Gasteiger partial charge in [-0.25, -0.2) is 0 Å². The quantitative estimate of drug-likeness (QED) is 0.927. The van der Waals surface area contributed by atoms with Crippen molar-refractivity contribution in [3.63, 3.8) is 0 Å². The molecule has 1 saturated heterocycles. The van der Waals surface area contributed by atoms with Crippen LogP contribution in [0.1, 0.15) is 18.5 Å². The van der Waals surface area contributed by atoms with Gasteiger partial charge in [-0.05, 0) is 31.7 Å². The monoisotopic (exact) mass is 311 g/mol. The number of hydrogen-bond donors (Lipinski definition) is 1. The summed E-state index contributed by atoms with van der Waals surface area (Å²) in [6, 6.07) is 9.43. The number of nitrogens with two attached hydrogens (primary N) is 1. The number of hydrogen-bond acceptors (Lipinski definition) is 3. The van der Waals surface area contributed by atoms with Crippen LogP contribution in [0.5, 0.6) is 0 Å². The Morgan fingerprint density at radius 2 is 2.22 bits per heavy atom. The lowest BCUT2D eigenvalue weighted by Gasteiger charge is -2.41. The molecule has 1 fully saturated rings. The lowest BCUT2D eigenvalue weighted by molar-refractivity contribution is 0.0741. The van der Waals surface area contributed by atoms with Crippen LogP contribution in [0, 0.1) is 0 Å². The summed E-state index contributed by atoms with van der Waals surface area (Å²) < 4.78 is 1.13. The van der Waals surface area contributed by atoms with Crippen molar-refractivity contribution in [1.82, 2.24) is 9.80 Å². The molecule has 2 rings (SSSR count). The third-order valence-electron chi connectivity index (χ3n) is 3.89. The van der Waals surface area contributed by atoms with Gasteiger partial charge in [-0.1, -0.05) is 28.1 Å². The Bertz CT molecular complexity index is 396. The van der Waals surface area contributed by atoms with Gasteiger partial charge in [0, 0.05) is 42.7 Å². The van der Waals surface area contributed by atoms with Gasteiger partial charge in [0.25, 0.3) is 0 Å². The molecule has 0 radical (unpaired) electrons. The Labute approximate surface area is 118 Å². The standard InChI is InChI=1S/C14H22BrN3/c1-11-10-18(7-6-17(11)2)14(9-16)12-4-3-5-13(15)8-12/h3-5,8,11,14H,6-7,9-10,16H2,1-2H3. The maximum atomic E-state index is 6.00. The number of benzene rings is 1. The van der Waals surface area contributed by atoms with Gasteiger partial charge in [0.05, 0.1) is 0 Å².